The smallest absolute Gasteiger partial charge is 0.161 e. The first-order chi connectivity index (χ1) is 14.0. The van der Waals surface area contributed by atoms with Crippen LogP contribution >= 0.6 is 11.6 Å². The Morgan fingerprint density at radius 3 is 2.69 bits per heavy atom. The molecule has 0 bridgehead atoms. The fraction of sp³-hybridized carbons (Fsp3) is 0.318. The standard InChI is InChI=1S/C22H23ClN6/c1-13-10-29(11-14(2)25-13)17-7-18-19(23)8-21(26-22(18)24-9-17)15-4-5-20-16(6-15)12-28(3)27-20/h4-9,12-14,25H,10-11H2,1-3H3. The number of aromatic nitrogens is 4. The predicted molar refractivity (Wildman–Crippen MR) is 119 cm³/mol. The zero-order chi connectivity index (χ0) is 20.1. The molecule has 1 aromatic carbocycles. The molecule has 3 aromatic heterocycles. The molecule has 4 aromatic rings. The Kier molecular flexibility index (Phi) is 4.41. The molecular formula is C22H23ClN6. The second-order valence-corrected chi connectivity index (χ2v) is 8.41. The molecular weight excluding hydrogens is 384 g/mol. The van der Waals surface area contributed by atoms with Gasteiger partial charge in [0.15, 0.2) is 5.65 Å². The van der Waals surface area contributed by atoms with E-state index in [2.05, 4.69) is 46.3 Å². The second-order valence-electron chi connectivity index (χ2n) is 8.00. The number of nitrogens with zero attached hydrogens (tertiary/aromatic N) is 5. The van der Waals surface area contributed by atoms with Crippen LogP contribution in [0.4, 0.5) is 5.69 Å². The Balaban J connectivity index is 1.54. The minimum Gasteiger partial charge on any atom is -0.367 e. The molecule has 29 heavy (non-hydrogen) atoms. The Labute approximate surface area is 174 Å². The summed E-state index contributed by atoms with van der Waals surface area (Å²) in [7, 11) is 1.92. The Morgan fingerprint density at radius 2 is 1.90 bits per heavy atom. The Hall–Kier alpha value is -2.70. The number of nitrogens with one attached hydrogen (secondary N) is 1. The van der Waals surface area contributed by atoms with E-state index in [4.69, 9.17) is 16.6 Å². The Morgan fingerprint density at radius 1 is 1.10 bits per heavy atom. The molecule has 0 amide bonds. The van der Waals surface area contributed by atoms with Crippen LogP contribution in [0, 0.1) is 0 Å². The average Bonchev–Trinajstić information content (AvgIpc) is 3.06. The van der Waals surface area contributed by atoms with Crippen LogP contribution in [0.25, 0.3) is 33.2 Å². The summed E-state index contributed by atoms with van der Waals surface area (Å²) in [5, 5.41) is 10.6. The summed E-state index contributed by atoms with van der Waals surface area (Å²) >= 11 is 6.68. The van der Waals surface area contributed by atoms with Crippen molar-refractivity contribution in [2.45, 2.75) is 25.9 Å². The quantitative estimate of drug-likeness (QED) is 0.544. The molecule has 6 nitrogen and oxygen atoms in total. The zero-order valence-corrected chi connectivity index (χ0v) is 17.5. The molecule has 1 N–H and O–H groups in total. The van der Waals surface area contributed by atoms with Gasteiger partial charge in [0.05, 0.1) is 28.1 Å². The number of anilines is 1. The Bertz CT molecular complexity index is 1210. The van der Waals surface area contributed by atoms with Crippen LogP contribution in [0.15, 0.2) is 42.7 Å². The summed E-state index contributed by atoms with van der Waals surface area (Å²) < 4.78 is 1.82. The molecule has 4 heterocycles. The first-order valence-electron chi connectivity index (χ1n) is 9.87. The van der Waals surface area contributed by atoms with Gasteiger partial charge in [0.25, 0.3) is 0 Å². The van der Waals surface area contributed by atoms with Gasteiger partial charge < -0.3 is 10.2 Å². The summed E-state index contributed by atoms with van der Waals surface area (Å²) in [6.45, 7) is 6.31. The lowest BCUT2D eigenvalue weighted by molar-refractivity contribution is 0.407. The summed E-state index contributed by atoms with van der Waals surface area (Å²) in [6, 6.07) is 11.0. The first-order valence-corrected chi connectivity index (χ1v) is 10.2. The summed E-state index contributed by atoms with van der Waals surface area (Å²) in [5.41, 5.74) is 4.54. The molecule has 0 spiro atoms. The van der Waals surface area contributed by atoms with Crippen molar-refractivity contribution in [3.8, 4) is 11.3 Å². The number of halogens is 1. The maximum Gasteiger partial charge on any atom is 0.161 e. The topological polar surface area (TPSA) is 58.9 Å². The minimum atomic E-state index is 0.438. The van der Waals surface area contributed by atoms with Crippen molar-refractivity contribution in [1.82, 2.24) is 25.1 Å². The number of piperazine rings is 1. The van der Waals surface area contributed by atoms with E-state index in [-0.39, 0.29) is 0 Å². The molecule has 2 atom stereocenters. The van der Waals surface area contributed by atoms with Crippen LogP contribution in [0.1, 0.15) is 13.8 Å². The highest BCUT2D eigenvalue weighted by Crippen LogP contribution is 2.31. The summed E-state index contributed by atoms with van der Waals surface area (Å²) in [4.78, 5) is 11.8. The van der Waals surface area contributed by atoms with E-state index in [1.165, 1.54) is 0 Å². The van der Waals surface area contributed by atoms with Crippen molar-refractivity contribution in [1.29, 1.82) is 0 Å². The van der Waals surface area contributed by atoms with Crippen LogP contribution in [0.5, 0.6) is 0 Å². The first kappa shape index (κ1) is 18.3. The van der Waals surface area contributed by atoms with E-state index in [0.29, 0.717) is 22.8 Å². The predicted octanol–water partition coefficient (Wildman–Crippen LogP) is 4.02. The van der Waals surface area contributed by atoms with Crippen LogP contribution < -0.4 is 10.2 Å². The SMILES string of the molecule is CC1CN(c2cnc3nc(-c4ccc5nn(C)cc5c4)cc(Cl)c3c2)CC(C)N1. The average molecular weight is 407 g/mol. The zero-order valence-electron chi connectivity index (χ0n) is 16.7. The molecule has 0 saturated carbocycles. The molecule has 5 rings (SSSR count). The van der Waals surface area contributed by atoms with Crippen molar-refractivity contribution in [3.63, 3.8) is 0 Å². The molecule has 0 radical (unpaired) electrons. The van der Waals surface area contributed by atoms with Gasteiger partial charge in [-0.3, -0.25) is 4.68 Å². The normalized spacial score (nSPS) is 19.9. The van der Waals surface area contributed by atoms with E-state index in [0.717, 1.165) is 46.3 Å². The van der Waals surface area contributed by atoms with Gasteiger partial charge >= 0.3 is 0 Å². The van der Waals surface area contributed by atoms with Crippen LogP contribution in [-0.4, -0.2) is 44.9 Å². The van der Waals surface area contributed by atoms with Gasteiger partial charge in [-0.1, -0.05) is 17.7 Å². The number of fused-ring (bicyclic) bond motifs is 2. The maximum absolute atomic E-state index is 6.68. The number of hydrogen-bond acceptors (Lipinski definition) is 5. The number of pyridine rings is 2. The number of hydrogen-bond donors (Lipinski definition) is 1. The minimum absolute atomic E-state index is 0.438. The molecule has 2 unspecified atom stereocenters. The van der Waals surface area contributed by atoms with Gasteiger partial charge in [-0.15, -0.1) is 0 Å². The summed E-state index contributed by atoms with van der Waals surface area (Å²) in [6.07, 6.45) is 3.91. The third kappa shape index (κ3) is 3.43. The molecule has 0 aliphatic carbocycles. The lowest BCUT2D eigenvalue weighted by Gasteiger charge is -2.37. The van der Waals surface area contributed by atoms with Gasteiger partial charge in [0.2, 0.25) is 0 Å². The number of rotatable bonds is 2. The fourth-order valence-electron chi connectivity index (χ4n) is 4.22. The lowest BCUT2D eigenvalue weighted by atomic mass is 10.1. The van der Waals surface area contributed by atoms with Crippen molar-refractivity contribution >= 4 is 39.2 Å². The van der Waals surface area contributed by atoms with Crippen molar-refractivity contribution < 1.29 is 0 Å². The molecule has 1 aliphatic rings. The van der Waals surface area contributed by atoms with Gasteiger partial charge in [0, 0.05) is 54.8 Å². The number of benzene rings is 1. The van der Waals surface area contributed by atoms with Gasteiger partial charge in [-0.25, -0.2) is 9.97 Å². The van der Waals surface area contributed by atoms with Crippen molar-refractivity contribution in [2.24, 2.45) is 7.05 Å². The van der Waals surface area contributed by atoms with E-state index in [9.17, 15) is 0 Å². The highest BCUT2D eigenvalue weighted by Gasteiger charge is 2.22. The van der Waals surface area contributed by atoms with Crippen molar-refractivity contribution in [2.75, 3.05) is 18.0 Å². The van der Waals surface area contributed by atoms with E-state index in [1.807, 2.05) is 42.3 Å². The maximum atomic E-state index is 6.68. The molecule has 148 valence electrons. The number of aryl methyl sites for hydroxylation is 1. The highest BCUT2D eigenvalue weighted by molar-refractivity contribution is 6.35. The largest absolute Gasteiger partial charge is 0.367 e. The molecule has 1 aliphatic heterocycles. The second kappa shape index (κ2) is 6.97. The highest BCUT2D eigenvalue weighted by atomic mass is 35.5. The van der Waals surface area contributed by atoms with Gasteiger partial charge in [-0.05, 0) is 38.1 Å². The fourth-order valence-corrected chi connectivity index (χ4v) is 4.46. The van der Waals surface area contributed by atoms with E-state index in [1.54, 1.807) is 0 Å². The van der Waals surface area contributed by atoms with E-state index >= 15 is 0 Å². The van der Waals surface area contributed by atoms with Gasteiger partial charge in [0.1, 0.15) is 0 Å². The van der Waals surface area contributed by atoms with Crippen molar-refractivity contribution in [3.05, 3.63) is 47.7 Å². The summed E-state index contributed by atoms with van der Waals surface area (Å²) in [5.74, 6) is 0. The van der Waals surface area contributed by atoms with Gasteiger partial charge in [-0.2, -0.15) is 5.10 Å². The third-order valence-electron chi connectivity index (χ3n) is 5.44. The third-order valence-corrected chi connectivity index (χ3v) is 5.75. The van der Waals surface area contributed by atoms with E-state index < -0.39 is 0 Å². The van der Waals surface area contributed by atoms with Crippen LogP contribution in [0.3, 0.4) is 0 Å². The molecule has 1 saturated heterocycles. The monoisotopic (exact) mass is 406 g/mol. The molecule has 1 fully saturated rings. The molecule has 7 heteroatoms. The lowest BCUT2D eigenvalue weighted by Crippen LogP contribution is -2.54. The van der Waals surface area contributed by atoms with Crippen LogP contribution in [-0.2, 0) is 7.05 Å². The van der Waals surface area contributed by atoms with Crippen LogP contribution in [0.2, 0.25) is 5.02 Å².